The Morgan fingerprint density at radius 1 is 1.36 bits per heavy atom. The second kappa shape index (κ2) is 2.46. The molecule has 2 aromatic rings. The van der Waals surface area contributed by atoms with E-state index in [0.717, 1.165) is 9.99 Å². The van der Waals surface area contributed by atoms with Crippen LogP contribution in [0.15, 0.2) is 16.6 Å². The highest BCUT2D eigenvalue weighted by Gasteiger charge is 2.03. The lowest BCUT2D eigenvalue weighted by Crippen LogP contribution is -1.71. The van der Waals surface area contributed by atoms with Gasteiger partial charge in [-0.25, -0.2) is 0 Å². The first-order valence-corrected chi connectivity index (χ1v) is 4.10. The molecule has 0 spiro atoms. The largest absolute Gasteiger partial charge is 0.197 e. The van der Waals surface area contributed by atoms with Gasteiger partial charge in [-0.05, 0) is 12.1 Å². The number of nitrogens with zero attached hydrogens (tertiary/aromatic N) is 2. The lowest BCUT2D eigenvalue weighted by molar-refractivity contribution is 0.959. The van der Waals surface area contributed by atoms with Gasteiger partial charge in [0.05, 0.1) is 5.02 Å². The molecule has 0 aliphatic rings. The average Bonchev–Trinajstić information content (AvgIpc) is 2.34. The highest BCUT2D eigenvalue weighted by atomic mass is 79.9. The van der Waals surface area contributed by atoms with Crippen molar-refractivity contribution in [3.8, 4) is 0 Å². The quantitative estimate of drug-likeness (QED) is 0.758. The summed E-state index contributed by atoms with van der Waals surface area (Å²) in [5.74, 6) is 0. The van der Waals surface area contributed by atoms with Gasteiger partial charge in [-0.3, -0.25) is 0 Å². The van der Waals surface area contributed by atoms with E-state index in [1.807, 2.05) is 6.07 Å². The molecule has 56 valence electrons. The Balaban J connectivity index is 2.91. The third kappa shape index (κ3) is 1.12. The Morgan fingerprint density at radius 2 is 2.18 bits per heavy atom. The van der Waals surface area contributed by atoms with Gasteiger partial charge in [0.15, 0.2) is 0 Å². The van der Waals surface area contributed by atoms with E-state index in [1.165, 1.54) is 0 Å². The Kier molecular flexibility index (Phi) is 1.58. The van der Waals surface area contributed by atoms with Crippen LogP contribution in [-0.4, -0.2) is 15.4 Å². The average molecular weight is 232 g/mol. The summed E-state index contributed by atoms with van der Waals surface area (Å²) in [5.41, 5.74) is 1.47. The SMILES string of the molecule is Clc1cc(Br)cc2n[nH]nc12. The third-order valence-corrected chi connectivity index (χ3v) is 2.09. The molecule has 2 rings (SSSR count). The van der Waals surface area contributed by atoms with Crippen molar-refractivity contribution in [1.29, 1.82) is 0 Å². The van der Waals surface area contributed by atoms with Gasteiger partial charge in [0.2, 0.25) is 0 Å². The maximum Gasteiger partial charge on any atom is 0.131 e. The van der Waals surface area contributed by atoms with Crippen LogP contribution in [0.25, 0.3) is 11.0 Å². The van der Waals surface area contributed by atoms with Crippen LogP contribution in [0.5, 0.6) is 0 Å². The van der Waals surface area contributed by atoms with Crippen molar-refractivity contribution in [3.05, 3.63) is 21.6 Å². The lowest BCUT2D eigenvalue weighted by Gasteiger charge is -1.91. The molecule has 0 fully saturated rings. The minimum Gasteiger partial charge on any atom is -0.197 e. The van der Waals surface area contributed by atoms with Gasteiger partial charge < -0.3 is 0 Å². The summed E-state index contributed by atoms with van der Waals surface area (Å²) in [5, 5.41) is 10.9. The number of benzene rings is 1. The van der Waals surface area contributed by atoms with Crippen molar-refractivity contribution in [1.82, 2.24) is 15.4 Å². The molecule has 1 heterocycles. The zero-order valence-electron chi connectivity index (χ0n) is 5.31. The number of H-pyrrole nitrogens is 1. The molecule has 0 radical (unpaired) electrons. The van der Waals surface area contributed by atoms with Gasteiger partial charge in [-0.2, -0.15) is 15.4 Å². The van der Waals surface area contributed by atoms with Crippen molar-refractivity contribution in [2.45, 2.75) is 0 Å². The molecular formula is C6H3BrClN3. The first-order chi connectivity index (χ1) is 5.27. The molecule has 3 nitrogen and oxygen atoms in total. The summed E-state index contributed by atoms with van der Waals surface area (Å²) in [6.07, 6.45) is 0. The standard InChI is InChI=1S/C6H3BrClN3/c7-3-1-4(8)6-5(2-3)9-11-10-6/h1-2H,(H,9,10,11). The summed E-state index contributed by atoms with van der Waals surface area (Å²) in [6.45, 7) is 0. The second-order valence-electron chi connectivity index (χ2n) is 2.08. The van der Waals surface area contributed by atoms with E-state index in [4.69, 9.17) is 11.6 Å². The van der Waals surface area contributed by atoms with E-state index in [-0.39, 0.29) is 0 Å². The molecule has 0 unspecified atom stereocenters. The van der Waals surface area contributed by atoms with Gasteiger partial charge >= 0.3 is 0 Å². The number of fused-ring (bicyclic) bond motifs is 1. The van der Waals surface area contributed by atoms with Gasteiger partial charge in [-0.1, -0.05) is 27.5 Å². The van der Waals surface area contributed by atoms with Gasteiger partial charge in [0.25, 0.3) is 0 Å². The monoisotopic (exact) mass is 231 g/mol. The van der Waals surface area contributed by atoms with Gasteiger partial charge in [-0.15, -0.1) is 0 Å². The van der Waals surface area contributed by atoms with E-state index in [1.54, 1.807) is 6.07 Å². The highest BCUT2D eigenvalue weighted by Crippen LogP contribution is 2.24. The van der Waals surface area contributed by atoms with Crippen LogP contribution in [0.3, 0.4) is 0 Å². The van der Waals surface area contributed by atoms with Gasteiger partial charge in [0, 0.05) is 4.47 Å². The smallest absolute Gasteiger partial charge is 0.131 e. The molecular weight excluding hydrogens is 229 g/mol. The van der Waals surface area contributed by atoms with Crippen molar-refractivity contribution < 1.29 is 0 Å². The fourth-order valence-corrected chi connectivity index (χ4v) is 1.71. The van der Waals surface area contributed by atoms with Crippen LogP contribution >= 0.6 is 27.5 Å². The fraction of sp³-hybridized carbons (Fsp3) is 0. The maximum absolute atomic E-state index is 5.85. The molecule has 0 atom stereocenters. The highest BCUT2D eigenvalue weighted by molar-refractivity contribution is 9.10. The molecule has 1 N–H and O–H groups in total. The van der Waals surface area contributed by atoms with E-state index < -0.39 is 0 Å². The minimum atomic E-state index is 0.600. The van der Waals surface area contributed by atoms with Crippen molar-refractivity contribution in [2.24, 2.45) is 0 Å². The number of nitrogens with one attached hydrogen (secondary N) is 1. The summed E-state index contributed by atoms with van der Waals surface area (Å²) in [7, 11) is 0. The molecule has 5 heteroatoms. The summed E-state index contributed by atoms with van der Waals surface area (Å²) < 4.78 is 0.906. The fourth-order valence-electron chi connectivity index (χ4n) is 0.877. The number of aromatic amines is 1. The van der Waals surface area contributed by atoms with E-state index >= 15 is 0 Å². The van der Waals surface area contributed by atoms with Crippen LogP contribution in [0.4, 0.5) is 0 Å². The first-order valence-electron chi connectivity index (χ1n) is 2.93. The second-order valence-corrected chi connectivity index (χ2v) is 3.40. The summed E-state index contributed by atoms with van der Waals surface area (Å²) >= 11 is 9.15. The lowest BCUT2D eigenvalue weighted by atomic mass is 10.3. The van der Waals surface area contributed by atoms with Crippen molar-refractivity contribution in [3.63, 3.8) is 0 Å². The number of halogens is 2. The molecule has 1 aromatic carbocycles. The zero-order valence-corrected chi connectivity index (χ0v) is 7.65. The third-order valence-electron chi connectivity index (χ3n) is 1.34. The van der Waals surface area contributed by atoms with Crippen LogP contribution in [0.2, 0.25) is 5.02 Å². The van der Waals surface area contributed by atoms with Crippen LogP contribution in [-0.2, 0) is 0 Å². The molecule has 0 bridgehead atoms. The number of aromatic nitrogens is 3. The Labute approximate surface area is 75.9 Å². The van der Waals surface area contributed by atoms with Crippen LogP contribution in [0.1, 0.15) is 0 Å². The molecule has 0 amide bonds. The summed E-state index contributed by atoms with van der Waals surface area (Å²) in [6, 6.07) is 3.64. The Hall–Kier alpha value is -0.610. The van der Waals surface area contributed by atoms with Crippen LogP contribution in [0, 0.1) is 0 Å². The molecule has 0 saturated heterocycles. The van der Waals surface area contributed by atoms with E-state index in [9.17, 15) is 0 Å². The minimum absolute atomic E-state index is 0.600. The van der Waals surface area contributed by atoms with Crippen LogP contribution < -0.4 is 0 Å². The normalized spacial score (nSPS) is 10.7. The number of hydrogen-bond donors (Lipinski definition) is 1. The van der Waals surface area contributed by atoms with Crippen molar-refractivity contribution >= 4 is 38.6 Å². The predicted molar refractivity (Wildman–Crippen MR) is 46.6 cm³/mol. The first kappa shape index (κ1) is 7.06. The summed E-state index contributed by atoms with van der Waals surface area (Å²) in [4.78, 5) is 0. The molecule has 0 aliphatic carbocycles. The Morgan fingerprint density at radius 3 is 3.00 bits per heavy atom. The predicted octanol–water partition coefficient (Wildman–Crippen LogP) is 2.37. The van der Waals surface area contributed by atoms with Gasteiger partial charge in [0.1, 0.15) is 11.0 Å². The topological polar surface area (TPSA) is 41.6 Å². The zero-order chi connectivity index (χ0) is 7.84. The maximum atomic E-state index is 5.85. The van der Waals surface area contributed by atoms with E-state index in [2.05, 4.69) is 31.3 Å². The molecule has 0 saturated carbocycles. The number of rotatable bonds is 0. The van der Waals surface area contributed by atoms with E-state index in [0.29, 0.717) is 10.5 Å². The Bertz CT molecular complexity index is 398. The van der Waals surface area contributed by atoms with Crippen molar-refractivity contribution in [2.75, 3.05) is 0 Å². The number of hydrogen-bond acceptors (Lipinski definition) is 2. The molecule has 0 aliphatic heterocycles. The molecule has 1 aromatic heterocycles. The molecule has 11 heavy (non-hydrogen) atoms.